The van der Waals surface area contributed by atoms with Crippen molar-refractivity contribution in [1.82, 2.24) is 14.7 Å². The van der Waals surface area contributed by atoms with Gasteiger partial charge in [-0.05, 0) is 93.0 Å². The van der Waals surface area contributed by atoms with Crippen LogP contribution < -0.4 is 15.4 Å². The SMILES string of the molecule is Cc1ccc(S(=O)(=O)NC[C@H]2CC[C@H](CNc3nc(Nc4ccc(Cl)cc4)c4ccccc4n3)CC2)cc1. The Labute approximate surface area is 229 Å². The van der Waals surface area contributed by atoms with Crippen molar-refractivity contribution in [3.63, 3.8) is 0 Å². The standard InChI is InChI=1S/C29H32ClN5O2S/c1-20-6-16-25(17-7-20)38(36,37)32-19-22-10-8-21(9-11-22)18-31-29-34-27-5-3-2-4-26(27)28(35-29)33-24-14-12-23(30)13-15-24/h2-7,12-17,21-22,32H,8-11,18-19H2,1H3,(H2,31,33,34,35)/t21-,22-. The van der Waals surface area contributed by atoms with Gasteiger partial charge in [-0.25, -0.2) is 18.1 Å². The molecule has 1 aliphatic carbocycles. The molecule has 5 rings (SSSR count). The Kier molecular flexibility index (Phi) is 8.12. The van der Waals surface area contributed by atoms with E-state index in [2.05, 4.69) is 15.4 Å². The molecule has 0 saturated heterocycles. The Hall–Kier alpha value is -3.20. The number of para-hydroxylation sites is 1. The highest BCUT2D eigenvalue weighted by Crippen LogP contribution is 2.30. The summed E-state index contributed by atoms with van der Waals surface area (Å²) in [6, 6.07) is 22.4. The van der Waals surface area contributed by atoms with Gasteiger partial charge in [0.25, 0.3) is 0 Å². The third kappa shape index (κ3) is 6.62. The van der Waals surface area contributed by atoms with Crippen molar-refractivity contribution in [3.05, 3.63) is 83.4 Å². The minimum Gasteiger partial charge on any atom is -0.354 e. The predicted octanol–water partition coefficient (Wildman–Crippen LogP) is 6.53. The molecular weight excluding hydrogens is 518 g/mol. The molecular formula is C29H32ClN5O2S. The Morgan fingerprint density at radius 3 is 2.21 bits per heavy atom. The first-order valence-electron chi connectivity index (χ1n) is 13.0. The van der Waals surface area contributed by atoms with Crippen molar-refractivity contribution in [1.29, 1.82) is 0 Å². The minimum absolute atomic E-state index is 0.321. The largest absolute Gasteiger partial charge is 0.354 e. The van der Waals surface area contributed by atoms with Crippen LogP contribution in [0.1, 0.15) is 31.2 Å². The van der Waals surface area contributed by atoms with Gasteiger partial charge in [-0.15, -0.1) is 0 Å². The van der Waals surface area contributed by atoms with Crippen LogP contribution in [0.15, 0.2) is 77.7 Å². The van der Waals surface area contributed by atoms with E-state index < -0.39 is 10.0 Å². The summed E-state index contributed by atoms with van der Waals surface area (Å²) in [6.45, 7) is 3.20. The number of fused-ring (bicyclic) bond motifs is 1. The second kappa shape index (κ2) is 11.7. The van der Waals surface area contributed by atoms with Gasteiger partial charge in [-0.1, -0.05) is 41.4 Å². The fourth-order valence-corrected chi connectivity index (χ4v) is 6.07. The van der Waals surface area contributed by atoms with Crippen molar-refractivity contribution in [3.8, 4) is 0 Å². The third-order valence-corrected chi connectivity index (χ3v) is 8.81. The number of hydrogen-bond donors (Lipinski definition) is 3. The van der Waals surface area contributed by atoms with Gasteiger partial charge in [0.15, 0.2) is 0 Å². The molecule has 1 aromatic heterocycles. The van der Waals surface area contributed by atoms with Gasteiger partial charge >= 0.3 is 0 Å². The third-order valence-electron chi connectivity index (χ3n) is 7.12. The zero-order valence-corrected chi connectivity index (χ0v) is 22.9. The Bertz CT molecular complexity index is 1490. The van der Waals surface area contributed by atoms with Gasteiger partial charge in [0, 0.05) is 29.2 Å². The van der Waals surface area contributed by atoms with E-state index in [-0.39, 0.29) is 0 Å². The normalized spacial score (nSPS) is 17.8. The van der Waals surface area contributed by atoms with Crippen LogP contribution in [0.25, 0.3) is 10.9 Å². The van der Waals surface area contributed by atoms with E-state index in [1.807, 2.05) is 67.6 Å². The topological polar surface area (TPSA) is 96.0 Å². The van der Waals surface area contributed by atoms with Crippen LogP contribution in [-0.2, 0) is 10.0 Å². The maximum atomic E-state index is 12.6. The average molecular weight is 550 g/mol. The number of halogens is 1. The van der Waals surface area contributed by atoms with Gasteiger partial charge in [0.2, 0.25) is 16.0 Å². The molecule has 1 saturated carbocycles. The quantitative estimate of drug-likeness (QED) is 0.219. The smallest absolute Gasteiger partial charge is 0.240 e. The second-order valence-corrected chi connectivity index (χ2v) is 12.2. The summed E-state index contributed by atoms with van der Waals surface area (Å²) in [5.74, 6) is 2.17. The van der Waals surface area contributed by atoms with Gasteiger partial charge in [-0.2, -0.15) is 4.98 Å². The molecule has 0 aliphatic heterocycles. The Balaban J connectivity index is 1.16. The minimum atomic E-state index is -3.47. The van der Waals surface area contributed by atoms with E-state index in [0.29, 0.717) is 34.2 Å². The lowest BCUT2D eigenvalue weighted by atomic mass is 9.82. The number of rotatable bonds is 9. The average Bonchev–Trinajstić information content (AvgIpc) is 2.93. The highest BCUT2D eigenvalue weighted by Gasteiger charge is 2.23. The molecule has 9 heteroatoms. The Morgan fingerprint density at radius 2 is 1.50 bits per heavy atom. The summed E-state index contributed by atoms with van der Waals surface area (Å²) in [5, 5.41) is 8.47. The molecule has 0 spiro atoms. The highest BCUT2D eigenvalue weighted by molar-refractivity contribution is 7.89. The predicted molar refractivity (Wildman–Crippen MR) is 155 cm³/mol. The van der Waals surface area contributed by atoms with E-state index in [0.717, 1.165) is 60.2 Å². The molecule has 1 fully saturated rings. The first-order valence-corrected chi connectivity index (χ1v) is 14.8. The number of nitrogens with zero attached hydrogens (tertiary/aromatic N) is 2. The van der Waals surface area contributed by atoms with E-state index in [1.165, 1.54) is 0 Å². The van der Waals surface area contributed by atoms with E-state index in [1.54, 1.807) is 12.1 Å². The second-order valence-electron chi connectivity index (χ2n) is 9.98. The number of anilines is 3. The lowest BCUT2D eigenvalue weighted by Gasteiger charge is -2.28. The van der Waals surface area contributed by atoms with Crippen molar-refractivity contribution >= 4 is 50.0 Å². The van der Waals surface area contributed by atoms with Crippen molar-refractivity contribution in [2.45, 2.75) is 37.5 Å². The summed E-state index contributed by atoms with van der Waals surface area (Å²) in [4.78, 5) is 9.81. The van der Waals surface area contributed by atoms with Crippen LogP contribution in [0, 0.1) is 18.8 Å². The van der Waals surface area contributed by atoms with Gasteiger partial charge in [0.05, 0.1) is 10.4 Å². The van der Waals surface area contributed by atoms with E-state index in [9.17, 15) is 8.42 Å². The lowest BCUT2D eigenvalue weighted by molar-refractivity contribution is 0.284. The molecule has 7 nitrogen and oxygen atoms in total. The van der Waals surface area contributed by atoms with Crippen LogP contribution >= 0.6 is 11.6 Å². The number of benzene rings is 3. The summed E-state index contributed by atoms with van der Waals surface area (Å²) in [7, 11) is -3.47. The first kappa shape index (κ1) is 26.4. The highest BCUT2D eigenvalue weighted by atomic mass is 35.5. The molecule has 1 aliphatic rings. The zero-order chi connectivity index (χ0) is 26.5. The molecule has 0 atom stereocenters. The Morgan fingerprint density at radius 1 is 0.842 bits per heavy atom. The van der Waals surface area contributed by atoms with Crippen LogP contribution in [0.4, 0.5) is 17.5 Å². The molecule has 3 aromatic carbocycles. The number of sulfonamides is 1. The molecule has 1 heterocycles. The maximum absolute atomic E-state index is 12.6. The van der Waals surface area contributed by atoms with Gasteiger partial charge < -0.3 is 10.6 Å². The molecule has 3 N–H and O–H groups in total. The molecule has 198 valence electrons. The van der Waals surface area contributed by atoms with E-state index >= 15 is 0 Å². The molecule has 38 heavy (non-hydrogen) atoms. The van der Waals surface area contributed by atoms with Gasteiger partial charge in [-0.3, -0.25) is 0 Å². The maximum Gasteiger partial charge on any atom is 0.240 e. The molecule has 0 amide bonds. The monoisotopic (exact) mass is 549 g/mol. The van der Waals surface area contributed by atoms with Gasteiger partial charge in [0.1, 0.15) is 5.82 Å². The fourth-order valence-electron chi connectivity index (χ4n) is 4.82. The van der Waals surface area contributed by atoms with Crippen LogP contribution in [-0.4, -0.2) is 31.5 Å². The summed E-state index contributed by atoms with van der Waals surface area (Å²) in [5.41, 5.74) is 2.81. The summed E-state index contributed by atoms with van der Waals surface area (Å²) >= 11 is 6.03. The van der Waals surface area contributed by atoms with Crippen LogP contribution in [0.3, 0.4) is 0 Å². The lowest BCUT2D eigenvalue weighted by Crippen LogP contribution is -2.32. The first-order chi connectivity index (χ1) is 18.4. The van der Waals surface area contributed by atoms with Crippen LogP contribution in [0.2, 0.25) is 5.02 Å². The molecule has 0 unspecified atom stereocenters. The van der Waals surface area contributed by atoms with Crippen molar-refractivity contribution in [2.75, 3.05) is 23.7 Å². The summed E-state index contributed by atoms with van der Waals surface area (Å²) < 4.78 is 28.0. The van der Waals surface area contributed by atoms with Crippen molar-refractivity contribution in [2.24, 2.45) is 11.8 Å². The number of aromatic nitrogens is 2. The summed E-state index contributed by atoms with van der Waals surface area (Å²) in [6.07, 6.45) is 4.05. The van der Waals surface area contributed by atoms with E-state index in [4.69, 9.17) is 21.6 Å². The molecule has 0 bridgehead atoms. The van der Waals surface area contributed by atoms with Crippen LogP contribution in [0.5, 0.6) is 0 Å². The molecule has 0 radical (unpaired) electrons. The number of nitrogens with one attached hydrogen (secondary N) is 3. The molecule has 4 aromatic rings. The zero-order valence-electron chi connectivity index (χ0n) is 21.3. The fraction of sp³-hybridized carbons (Fsp3) is 0.310. The number of aryl methyl sites for hydroxylation is 1. The van der Waals surface area contributed by atoms with Crippen molar-refractivity contribution < 1.29 is 8.42 Å². The number of hydrogen-bond acceptors (Lipinski definition) is 6.